The minimum atomic E-state index is -3.63. The van der Waals surface area contributed by atoms with Gasteiger partial charge in [0.15, 0.2) is 11.3 Å². The largest absolute Gasteiger partial charge is 0.493 e. The van der Waals surface area contributed by atoms with E-state index < -0.39 is 9.84 Å². The van der Waals surface area contributed by atoms with Gasteiger partial charge in [-0.1, -0.05) is 17.7 Å². The van der Waals surface area contributed by atoms with Crippen molar-refractivity contribution in [2.45, 2.75) is 29.7 Å². The summed E-state index contributed by atoms with van der Waals surface area (Å²) in [7, 11) is -2.10. The molecule has 130 valence electrons. The molecule has 25 heavy (non-hydrogen) atoms. The first kappa shape index (κ1) is 16.2. The van der Waals surface area contributed by atoms with Crippen LogP contribution in [0.15, 0.2) is 50.6 Å². The molecular weight excluding hydrogens is 338 g/mol. The molecule has 0 aliphatic carbocycles. The van der Waals surface area contributed by atoms with E-state index >= 15 is 0 Å². The van der Waals surface area contributed by atoms with Crippen molar-refractivity contribution in [3.05, 3.63) is 53.3 Å². The molecule has 0 bridgehead atoms. The number of benzene rings is 2. The van der Waals surface area contributed by atoms with Gasteiger partial charge in [0.2, 0.25) is 9.84 Å². The molecule has 5 nitrogen and oxygen atoms in total. The number of sulfone groups is 1. The molecule has 1 aliphatic heterocycles. The van der Waals surface area contributed by atoms with Gasteiger partial charge in [0.25, 0.3) is 0 Å². The van der Waals surface area contributed by atoms with E-state index in [0.29, 0.717) is 17.9 Å². The highest BCUT2D eigenvalue weighted by molar-refractivity contribution is 7.91. The maximum absolute atomic E-state index is 13.0. The van der Waals surface area contributed by atoms with E-state index in [-0.39, 0.29) is 9.79 Å². The van der Waals surface area contributed by atoms with E-state index in [0.717, 1.165) is 35.2 Å². The molecule has 0 radical (unpaired) electrons. The summed E-state index contributed by atoms with van der Waals surface area (Å²) in [6.07, 6.45) is 0.785. The van der Waals surface area contributed by atoms with Crippen LogP contribution in [-0.4, -0.2) is 22.1 Å². The average molecular weight is 357 g/mol. The highest BCUT2D eigenvalue weighted by Crippen LogP contribution is 2.37. The first-order valence-electron chi connectivity index (χ1n) is 8.15. The third kappa shape index (κ3) is 2.62. The fraction of sp³-hybridized carbons (Fsp3) is 0.263. The van der Waals surface area contributed by atoms with Gasteiger partial charge in [-0.3, -0.25) is 0 Å². The molecule has 0 atom stereocenters. The predicted octanol–water partition coefficient (Wildman–Crippen LogP) is 3.23. The normalized spacial score (nSPS) is 14.5. The Kier molecular flexibility index (Phi) is 3.81. The van der Waals surface area contributed by atoms with E-state index in [4.69, 9.17) is 9.15 Å². The molecule has 1 aliphatic rings. The Balaban J connectivity index is 1.94. The Bertz CT molecular complexity index is 1050. The zero-order valence-electron chi connectivity index (χ0n) is 14.1. The van der Waals surface area contributed by atoms with Gasteiger partial charge in [-0.2, -0.15) is 0 Å². The van der Waals surface area contributed by atoms with Crippen molar-refractivity contribution in [3.8, 4) is 5.75 Å². The lowest BCUT2D eigenvalue weighted by atomic mass is 10.1. The van der Waals surface area contributed by atoms with Gasteiger partial charge < -0.3 is 14.5 Å². The standard InChI is InChI=1S/C19H19NO4S/c1-12-3-5-13(6-4-12)25(21,22)14-9-15-16-11-20-8-7-17(16)24-19(15)18(10-14)23-2/h3-6,9-10,20H,7-8,11H2,1-2H3. The SMILES string of the molecule is COc1cc(S(=O)(=O)c2ccc(C)cc2)cc2c3c(oc12)CCNC3. The molecule has 1 N–H and O–H groups in total. The second-order valence-corrected chi connectivity index (χ2v) is 8.20. The van der Waals surface area contributed by atoms with Gasteiger partial charge in [0, 0.05) is 36.5 Å². The summed E-state index contributed by atoms with van der Waals surface area (Å²) in [4.78, 5) is 0.491. The minimum Gasteiger partial charge on any atom is -0.493 e. The highest BCUT2D eigenvalue weighted by Gasteiger charge is 2.25. The number of ether oxygens (including phenoxy) is 1. The Morgan fingerprint density at radius 3 is 2.60 bits per heavy atom. The number of aryl methyl sites for hydroxylation is 1. The number of methoxy groups -OCH3 is 1. The highest BCUT2D eigenvalue weighted by atomic mass is 32.2. The Labute approximate surface area is 146 Å². The summed E-state index contributed by atoms with van der Waals surface area (Å²) in [6.45, 7) is 3.44. The smallest absolute Gasteiger partial charge is 0.206 e. The number of rotatable bonds is 3. The summed E-state index contributed by atoms with van der Waals surface area (Å²) in [5.74, 6) is 1.34. The molecule has 0 fully saturated rings. The predicted molar refractivity (Wildman–Crippen MR) is 94.8 cm³/mol. The van der Waals surface area contributed by atoms with E-state index in [9.17, 15) is 8.42 Å². The molecule has 0 saturated heterocycles. The van der Waals surface area contributed by atoms with Gasteiger partial charge in [-0.25, -0.2) is 8.42 Å². The molecule has 0 spiro atoms. The number of hydrogen-bond donors (Lipinski definition) is 1. The van der Waals surface area contributed by atoms with Gasteiger partial charge in [0.05, 0.1) is 16.9 Å². The van der Waals surface area contributed by atoms with Gasteiger partial charge in [0.1, 0.15) is 5.76 Å². The number of fused-ring (bicyclic) bond motifs is 3. The summed E-state index contributed by atoms with van der Waals surface area (Å²) in [6, 6.07) is 10.1. The zero-order chi connectivity index (χ0) is 17.6. The van der Waals surface area contributed by atoms with Gasteiger partial charge >= 0.3 is 0 Å². The third-order valence-corrected chi connectivity index (χ3v) is 6.36. The molecule has 6 heteroatoms. The Morgan fingerprint density at radius 1 is 1.12 bits per heavy atom. The summed E-state index contributed by atoms with van der Waals surface area (Å²) in [5, 5.41) is 4.10. The van der Waals surface area contributed by atoms with Crippen molar-refractivity contribution in [2.24, 2.45) is 0 Å². The molecule has 0 amide bonds. The Hall–Kier alpha value is -2.31. The van der Waals surface area contributed by atoms with Crippen molar-refractivity contribution < 1.29 is 17.6 Å². The minimum absolute atomic E-state index is 0.217. The van der Waals surface area contributed by atoms with E-state index in [2.05, 4.69) is 5.32 Å². The molecule has 4 rings (SSSR count). The molecule has 3 aromatic rings. The van der Waals surface area contributed by atoms with Crippen molar-refractivity contribution in [1.29, 1.82) is 0 Å². The van der Waals surface area contributed by atoms with Gasteiger partial charge in [-0.05, 0) is 25.1 Å². The second kappa shape index (κ2) is 5.89. The van der Waals surface area contributed by atoms with Crippen LogP contribution >= 0.6 is 0 Å². The number of nitrogens with one attached hydrogen (secondary N) is 1. The first-order chi connectivity index (χ1) is 12.0. The molecule has 2 heterocycles. The van der Waals surface area contributed by atoms with Crippen LogP contribution in [0.3, 0.4) is 0 Å². The molecular formula is C19H19NO4S. The second-order valence-electron chi connectivity index (χ2n) is 6.25. The maximum Gasteiger partial charge on any atom is 0.206 e. The van der Waals surface area contributed by atoms with E-state index in [1.54, 1.807) is 36.4 Å². The summed E-state index contributed by atoms with van der Waals surface area (Å²) >= 11 is 0. The molecule has 0 unspecified atom stereocenters. The fourth-order valence-corrected chi connectivity index (χ4v) is 4.51. The van der Waals surface area contributed by atoms with Crippen LogP contribution in [0.5, 0.6) is 5.75 Å². The van der Waals surface area contributed by atoms with E-state index in [1.165, 1.54) is 7.11 Å². The van der Waals surface area contributed by atoms with Crippen LogP contribution in [0.2, 0.25) is 0 Å². The third-order valence-electron chi connectivity index (χ3n) is 4.61. The van der Waals surface area contributed by atoms with Crippen molar-refractivity contribution >= 4 is 20.8 Å². The van der Waals surface area contributed by atoms with Crippen LogP contribution in [0, 0.1) is 6.92 Å². The lowest BCUT2D eigenvalue weighted by Crippen LogP contribution is -2.22. The lowest BCUT2D eigenvalue weighted by molar-refractivity contribution is 0.404. The summed E-state index contributed by atoms with van der Waals surface area (Å²) < 4.78 is 37.4. The Morgan fingerprint density at radius 2 is 1.88 bits per heavy atom. The van der Waals surface area contributed by atoms with Crippen LogP contribution in [0.1, 0.15) is 16.9 Å². The monoisotopic (exact) mass is 357 g/mol. The first-order valence-corrected chi connectivity index (χ1v) is 9.64. The van der Waals surface area contributed by atoms with Crippen LogP contribution in [0.25, 0.3) is 11.0 Å². The van der Waals surface area contributed by atoms with Crippen LogP contribution in [0.4, 0.5) is 0 Å². The lowest BCUT2D eigenvalue weighted by Gasteiger charge is -2.11. The van der Waals surface area contributed by atoms with Crippen molar-refractivity contribution in [2.75, 3.05) is 13.7 Å². The average Bonchev–Trinajstić information content (AvgIpc) is 3.00. The molecule has 0 saturated carbocycles. The molecule has 1 aromatic heterocycles. The number of hydrogen-bond acceptors (Lipinski definition) is 5. The van der Waals surface area contributed by atoms with Crippen molar-refractivity contribution in [1.82, 2.24) is 5.32 Å². The van der Waals surface area contributed by atoms with E-state index in [1.807, 2.05) is 6.92 Å². The van der Waals surface area contributed by atoms with Crippen molar-refractivity contribution in [3.63, 3.8) is 0 Å². The summed E-state index contributed by atoms with van der Waals surface area (Å²) in [5.41, 5.74) is 2.64. The quantitative estimate of drug-likeness (QED) is 0.779. The number of furan rings is 1. The topological polar surface area (TPSA) is 68.5 Å². The maximum atomic E-state index is 13.0. The fourth-order valence-electron chi connectivity index (χ4n) is 3.21. The molecule has 2 aromatic carbocycles. The van der Waals surface area contributed by atoms with Gasteiger partial charge in [-0.15, -0.1) is 0 Å². The zero-order valence-corrected chi connectivity index (χ0v) is 14.9. The van der Waals surface area contributed by atoms with Crippen LogP contribution < -0.4 is 10.1 Å². The van der Waals surface area contributed by atoms with Crippen LogP contribution in [-0.2, 0) is 22.8 Å².